The highest BCUT2D eigenvalue weighted by molar-refractivity contribution is 14.1. The number of benzene rings is 2. The molecule has 3 aromatic rings. The van der Waals surface area contributed by atoms with Gasteiger partial charge in [0.25, 0.3) is 0 Å². The molecule has 0 saturated heterocycles. The number of carbonyl (C=O) groups is 1. The van der Waals surface area contributed by atoms with Crippen molar-refractivity contribution >= 4 is 62.4 Å². The van der Waals surface area contributed by atoms with E-state index >= 15 is 0 Å². The molecule has 0 bridgehead atoms. The SMILES string of the molecule is COc1ccc(Cl)cc1NC(=O)Nc1nc(-c2ccc(I)cc2)cs1. The first kappa shape index (κ1) is 18.0. The Morgan fingerprint density at radius 1 is 1.20 bits per heavy atom. The van der Waals surface area contributed by atoms with E-state index < -0.39 is 6.03 Å². The average molecular weight is 486 g/mol. The predicted octanol–water partition coefficient (Wildman–Crippen LogP) is 5.72. The number of anilines is 2. The predicted molar refractivity (Wildman–Crippen MR) is 111 cm³/mol. The molecule has 1 aromatic heterocycles. The van der Waals surface area contributed by atoms with E-state index in [0.29, 0.717) is 21.6 Å². The van der Waals surface area contributed by atoms with Crippen molar-refractivity contribution in [1.82, 2.24) is 4.98 Å². The zero-order valence-corrected chi connectivity index (χ0v) is 16.8. The highest BCUT2D eigenvalue weighted by Gasteiger charge is 2.11. The second-order valence-electron chi connectivity index (χ2n) is 4.97. The molecule has 8 heteroatoms. The molecule has 3 rings (SSSR count). The largest absolute Gasteiger partial charge is 0.495 e. The molecule has 0 radical (unpaired) electrons. The first-order valence-corrected chi connectivity index (χ1v) is 9.52. The van der Waals surface area contributed by atoms with Crippen LogP contribution in [0.1, 0.15) is 0 Å². The number of hydrogen-bond acceptors (Lipinski definition) is 4. The van der Waals surface area contributed by atoms with Crippen molar-refractivity contribution in [2.24, 2.45) is 0 Å². The molecule has 2 aromatic carbocycles. The molecule has 2 amide bonds. The van der Waals surface area contributed by atoms with Crippen LogP contribution in [0.4, 0.5) is 15.6 Å². The van der Waals surface area contributed by atoms with Gasteiger partial charge in [0.15, 0.2) is 5.13 Å². The van der Waals surface area contributed by atoms with Gasteiger partial charge in [-0.2, -0.15) is 0 Å². The quantitative estimate of drug-likeness (QED) is 0.465. The third-order valence-corrected chi connectivity index (χ3v) is 4.99. The van der Waals surface area contributed by atoms with Crippen LogP contribution in [0.15, 0.2) is 47.8 Å². The monoisotopic (exact) mass is 485 g/mol. The number of amides is 2. The summed E-state index contributed by atoms with van der Waals surface area (Å²) in [5.41, 5.74) is 2.31. The highest BCUT2D eigenvalue weighted by atomic mass is 127. The summed E-state index contributed by atoms with van der Waals surface area (Å²) in [6.45, 7) is 0. The number of nitrogens with zero attached hydrogens (tertiary/aromatic N) is 1. The summed E-state index contributed by atoms with van der Waals surface area (Å²) in [6.07, 6.45) is 0. The van der Waals surface area contributed by atoms with Crippen LogP contribution in [0.5, 0.6) is 5.75 Å². The number of aromatic nitrogens is 1. The van der Waals surface area contributed by atoms with Gasteiger partial charge in [-0.1, -0.05) is 23.7 Å². The van der Waals surface area contributed by atoms with Gasteiger partial charge < -0.3 is 10.1 Å². The van der Waals surface area contributed by atoms with Gasteiger partial charge in [0.2, 0.25) is 0 Å². The number of nitrogens with one attached hydrogen (secondary N) is 2. The third-order valence-electron chi connectivity index (χ3n) is 3.27. The van der Waals surface area contributed by atoms with Crippen LogP contribution in [0.25, 0.3) is 11.3 Å². The number of ether oxygens (including phenoxy) is 1. The lowest BCUT2D eigenvalue weighted by atomic mass is 10.2. The smallest absolute Gasteiger partial charge is 0.325 e. The van der Waals surface area contributed by atoms with E-state index in [4.69, 9.17) is 16.3 Å². The lowest BCUT2D eigenvalue weighted by Gasteiger charge is -2.10. The molecule has 0 saturated carbocycles. The van der Waals surface area contributed by atoms with Gasteiger partial charge in [-0.15, -0.1) is 11.3 Å². The summed E-state index contributed by atoms with van der Waals surface area (Å²) in [7, 11) is 1.53. The second kappa shape index (κ2) is 8.03. The molecule has 0 aliphatic heterocycles. The number of urea groups is 1. The van der Waals surface area contributed by atoms with Crippen molar-refractivity contribution in [2.75, 3.05) is 17.7 Å². The van der Waals surface area contributed by atoms with E-state index in [0.717, 1.165) is 14.8 Å². The van der Waals surface area contributed by atoms with Gasteiger partial charge in [-0.25, -0.2) is 9.78 Å². The minimum atomic E-state index is -0.413. The Kier molecular flexibility index (Phi) is 5.77. The second-order valence-corrected chi connectivity index (χ2v) is 7.51. The maximum absolute atomic E-state index is 12.2. The van der Waals surface area contributed by atoms with Gasteiger partial charge in [0.05, 0.1) is 18.5 Å². The van der Waals surface area contributed by atoms with E-state index in [2.05, 4.69) is 38.2 Å². The minimum absolute atomic E-state index is 0.413. The summed E-state index contributed by atoms with van der Waals surface area (Å²) in [5.74, 6) is 0.526. The van der Waals surface area contributed by atoms with Gasteiger partial charge in [0.1, 0.15) is 5.75 Å². The van der Waals surface area contributed by atoms with Crippen molar-refractivity contribution in [3.8, 4) is 17.0 Å². The van der Waals surface area contributed by atoms with Gasteiger partial charge in [-0.3, -0.25) is 5.32 Å². The van der Waals surface area contributed by atoms with Crippen LogP contribution in [0, 0.1) is 3.57 Å². The Balaban J connectivity index is 1.70. The molecule has 0 fully saturated rings. The molecular weight excluding hydrogens is 473 g/mol. The van der Waals surface area contributed by atoms with Crippen molar-refractivity contribution in [3.05, 3.63) is 56.4 Å². The van der Waals surface area contributed by atoms with Crippen LogP contribution in [0.2, 0.25) is 5.02 Å². The lowest BCUT2D eigenvalue weighted by molar-refractivity contribution is 0.262. The zero-order chi connectivity index (χ0) is 17.8. The summed E-state index contributed by atoms with van der Waals surface area (Å²) in [5, 5.41) is 8.35. The molecule has 128 valence electrons. The average Bonchev–Trinajstić information content (AvgIpc) is 3.04. The van der Waals surface area contributed by atoms with E-state index in [1.54, 1.807) is 18.2 Å². The maximum atomic E-state index is 12.2. The Hall–Kier alpha value is -1.84. The standard InChI is InChI=1S/C17H13ClIN3O2S/c1-24-15-7-4-11(18)8-13(15)20-16(23)22-17-21-14(9-25-17)10-2-5-12(19)6-3-10/h2-9H,1H3,(H2,20,21,22,23). The normalized spacial score (nSPS) is 10.4. The summed E-state index contributed by atoms with van der Waals surface area (Å²) in [4.78, 5) is 16.6. The van der Waals surface area contributed by atoms with E-state index in [1.807, 2.05) is 29.6 Å². The van der Waals surface area contributed by atoms with Gasteiger partial charge >= 0.3 is 6.03 Å². The minimum Gasteiger partial charge on any atom is -0.495 e. The molecule has 0 atom stereocenters. The third kappa shape index (κ3) is 4.62. The van der Waals surface area contributed by atoms with Gasteiger partial charge in [-0.05, 0) is 52.9 Å². The first-order valence-electron chi connectivity index (χ1n) is 7.18. The topological polar surface area (TPSA) is 63.2 Å². The molecule has 5 nitrogen and oxygen atoms in total. The Morgan fingerprint density at radius 2 is 1.96 bits per heavy atom. The highest BCUT2D eigenvalue weighted by Crippen LogP contribution is 2.29. The Morgan fingerprint density at radius 3 is 2.68 bits per heavy atom. The van der Waals surface area contributed by atoms with Crippen LogP contribution in [-0.4, -0.2) is 18.1 Å². The van der Waals surface area contributed by atoms with Crippen molar-refractivity contribution in [1.29, 1.82) is 0 Å². The molecule has 0 aliphatic rings. The Bertz CT molecular complexity index is 899. The molecule has 0 unspecified atom stereocenters. The molecular formula is C17H13ClIN3O2S. The fraction of sp³-hybridized carbons (Fsp3) is 0.0588. The number of halogens is 2. The van der Waals surface area contributed by atoms with Crippen molar-refractivity contribution < 1.29 is 9.53 Å². The summed E-state index contributed by atoms with van der Waals surface area (Å²) < 4.78 is 6.37. The van der Waals surface area contributed by atoms with Gasteiger partial charge in [0, 0.05) is 19.5 Å². The molecule has 1 heterocycles. The molecule has 0 aliphatic carbocycles. The fourth-order valence-corrected chi connectivity index (χ4v) is 3.36. The van der Waals surface area contributed by atoms with Crippen LogP contribution >= 0.6 is 45.5 Å². The van der Waals surface area contributed by atoms with E-state index in [9.17, 15) is 4.79 Å². The zero-order valence-electron chi connectivity index (χ0n) is 13.0. The van der Waals surface area contributed by atoms with Crippen LogP contribution in [0.3, 0.4) is 0 Å². The maximum Gasteiger partial charge on any atom is 0.325 e. The van der Waals surface area contributed by atoms with Crippen molar-refractivity contribution in [3.63, 3.8) is 0 Å². The summed E-state index contributed by atoms with van der Waals surface area (Å²) >= 11 is 9.57. The summed E-state index contributed by atoms with van der Waals surface area (Å²) in [6, 6.07) is 12.6. The van der Waals surface area contributed by atoms with Crippen LogP contribution < -0.4 is 15.4 Å². The number of thiazole rings is 1. The number of carbonyl (C=O) groups excluding carboxylic acids is 1. The lowest BCUT2D eigenvalue weighted by Crippen LogP contribution is -2.19. The van der Waals surface area contributed by atoms with E-state index in [-0.39, 0.29) is 0 Å². The first-order chi connectivity index (χ1) is 12.0. The number of methoxy groups -OCH3 is 1. The molecule has 0 spiro atoms. The fourth-order valence-electron chi connectivity index (χ4n) is 2.11. The molecule has 2 N–H and O–H groups in total. The molecule has 25 heavy (non-hydrogen) atoms. The van der Waals surface area contributed by atoms with Crippen LogP contribution in [-0.2, 0) is 0 Å². The van der Waals surface area contributed by atoms with E-state index in [1.165, 1.54) is 18.4 Å². The van der Waals surface area contributed by atoms with Crippen molar-refractivity contribution in [2.45, 2.75) is 0 Å². The Labute approximate surface area is 167 Å². The number of hydrogen-bond donors (Lipinski definition) is 2. The number of rotatable bonds is 4.